The van der Waals surface area contributed by atoms with E-state index >= 15 is 0 Å². The third-order valence-corrected chi connectivity index (χ3v) is 3.28. The van der Waals surface area contributed by atoms with Crippen molar-refractivity contribution in [3.63, 3.8) is 0 Å². The first-order valence-electron chi connectivity index (χ1n) is 6.35. The number of amides is 1. The van der Waals surface area contributed by atoms with Crippen molar-refractivity contribution in [1.82, 2.24) is 14.8 Å². The molecule has 0 aliphatic rings. The maximum absolute atomic E-state index is 11.6. The van der Waals surface area contributed by atoms with Crippen LogP contribution in [0.4, 0.5) is 0 Å². The van der Waals surface area contributed by atoms with Gasteiger partial charge in [-0.05, 0) is 36.4 Å². The van der Waals surface area contributed by atoms with Crippen molar-refractivity contribution in [2.45, 2.75) is 0 Å². The number of pyridine rings is 1. The van der Waals surface area contributed by atoms with Gasteiger partial charge in [0, 0.05) is 11.8 Å². The zero-order valence-electron chi connectivity index (χ0n) is 11.4. The molecule has 0 fully saturated rings. The molecule has 0 spiro atoms. The van der Waals surface area contributed by atoms with Gasteiger partial charge in [-0.1, -0.05) is 0 Å². The van der Waals surface area contributed by atoms with Crippen LogP contribution in [0.5, 0.6) is 5.75 Å². The number of carbonyl (C=O) groups excluding carboxylic acids is 1. The molecule has 0 bridgehead atoms. The number of benzene rings is 1. The average Bonchev–Trinajstić information content (AvgIpc) is 2.97. The monoisotopic (exact) mass is 282 g/mol. The van der Waals surface area contributed by atoms with E-state index < -0.39 is 0 Å². The second kappa shape index (κ2) is 5.26. The molecule has 2 aromatic heterocycles. The highest BCUT2D eigenvalue weighted by Crippen LogP contribution is 2.23. The fourth-order valence-corrected chi connectivity index (χ4v) is 2.17. The lowest BCUT2D eigenvalue weighted by molar-refractivity contribution is 0.0953. The molecule has 0 aliphatic heterocycles. The number of hydrogen-bond acceptors (Lipinski definition) is 4. The molecule has 0 saturated carbocycles. The van der Waals surface area contributed by atoms with Crippen LogP contribution < -0.4 is 16.0 Å². The molecule has 1 amide bonds. The average molecular weight is 282 g/mol. The fraction of sp³-hybridized carbons (Fsp3) is 0.0667. The molecule has 1 aromatic carbocycles. The van der Waals surface area contributed by atoms with Gasteiger partial charge in [0.25, 0.3) is 5.91 Å². The van der Waals surface area contributed by atoms with Crippen LogP contribution in [-0.4, -0.2) is 22.4 Å². The zero-order valence-corrected chi connectivity index (χ0v) is 11.4. The number of carbonyl (C=O) groups is 1. The zero-order chi connectivity index (χ0) is 14.8. The summed E-state index contributed by atoms with van der Waals surface area (Å²) >= 11 is 0. The Kier molecular flexibility index (Phi) is 3.29. The van der Waals surface area contributed by atoms with E-state index in [2.05, 4.69) is 10.4 Å². The molecule has 106 valence electrons. The van der Waals surface area contributed by atoms with E-state index in [1.165, 1.54) is 0 Å². The number of nitrogen functional groups attached to an aromatic ring is 1. The summed E-state index contributed by atoms with van der Waals surface area (Å²) in [7, 11) is 1.63. The minimum Gasteiger partial charge on any atom is -0.497 e. The summed E-state index contributed by atoms with van der Waals surface area (Å²) in [6.45, 7) is 0. The van der Waals surface area contributed by atoms with E-state index in [0.29, 0.717) is 5.56 Å². The topological polar surface area (TPSA) is 81.6 Å². The number of hydrazine groups is 1. The Bertz CT molecular complexity index is 793. The van der Waals surface area contributed by atoms with E-state index in [1.54, 1.807) is 31.6 Å². The highest BCUT2D eigenvalue weighted by Gasteiger charge is 2.09. The first-order chi connectivity index (χ1) is 10.2. The molecule has 3 aromatic rings. The summed E-state index contributed by atoms with van der Waals surface area (Å²) in [5.74, 6) is 5.61. The third-order valence-electron chi connectivity index (χ3n) is 3.28. The van der Waals surface area contributed by atoms with Crippen molar-refractivity contribution in [1.29, 1.82) is 0 Å². The molecule has 3 N–H and O–H groups in total. The summed E-state index contributed by atoms with van der Waals surface area (Å²) in [5.41, 5.74) is 5.22. The largest absolute Gasteiger partial charge is 0.497 e. The summed E-state index contributed by atoms with van der Waals surface area (Å²) < 4.78 is 7.00. The van der Waals surface area contributed by atoms with E-state index in [-0.39, 0.29) is 5.91 Å². The number of imidazole rings is 1. The molecule has 0 atom stereocenters. The molecule has 0 unspecified atom stereocenters. The summed E-state index contributed by atoms with van der Waals surface area (Å²) in [6.07, 6.45) is 3.48. The van der Waals surface area contributed by atoms with Crippen LogP contribution in [0.2, 0.25) is 0 Å². The molecule has 2 heterocycles. The van der Waals surface area contributed by atoms with Crippen molar-refractivity contribution >= 4 is 11.6 Å². The molecule has 0 radical (unpaired) electrons. The van der Waals surface area contributed by atoms with E-state index in [4.69, 9.17) is 10.6 Å². The number of aromatic nitrogens is 2. The number of rotatable bonds is 3. The third kappa shape index (κ3) is 2.32. The van der Waals surface area contributed by atoms with Gasteiger partial charge in [-0.15, -0.1) is 0 Å². The number of nitrogens with one attached hydrogen (secondary N) is 1. The quantitative estimate of drug-likeness (QED) is 0.434. The van der Waals surface area contributed by atoms with Gasteiger partial charge >= 0.3 is 0 Å². The van der Waals surface area contributed by atoms with Gasteiger partial charge < -0.3 is 4.74 Å². The maximum atomic E-state index is 11.6. The number of hydrogen-bond donors (Lipinski definition) is 2. The summed E-state index contributed by atoms with van der Waals surface area (Å²) in [6, 6.07) is 11.1. The van der Waals surface area contributed by atoms with Gasteiger partial charge in [0.1, 0.15) is 11.4 Å². The Morgan fingerprint density at radius 2 is 2.00 bits per heavy atom. The van der Waals surface area contributed by atoms with Crippen LogP contribution in [0.15, 0.2) is 48.8 Å². The van der Waals surface area contributed by atoms with Crippen LogP contribution in [0.1, 0.15) is 10.4 Å². The minimum absolute atomic E-state index is 0.341. The van der Waals surface area contributed by atoms with Crippen molar-refractivity contribution < 1.29 is 9.53 Å². The predicted octanol–water partition coefficient (Wildman–Crippen LogP) is 1.61. The van der Waals surface area contributed by atoms with Crippen LogP contribution >= 0.6 is 0 Å². The maximum Gasteiger partial charge on any atom is 0.266 e. The molecule has 3 rings (SSSR count). The van der Waals surface area contributed by atoms with Crippen LogP contribution in [0, 0.1) is 0 Å². The van der Waals surface area contributed by atoms with Crippen molar-refractivity contribution in [2.75, 3.05) is 7.11 Å². The van der Waals surface area contributed by atoms with Crippen molar-refractivity contribution in [3.8, 4) is 17.0 Å². The summed E-state index contributed by atoms with van der Waals surface area (Å²) in [4.78, 5) is 16.0. The smallest absolute Gasteiger partial charge is 0.266 e. The Morgan fingerprint density at radius 3 is 2.67 bits per heavy atom. The second-order valence-electron chi connectivity index (χ2n) is 4.49. The molecule has 0 aliphatic carbocycles. The molecule has 6 heteroatoms. The molecule has 6 nitrogen and oxygen atoms in total. The lowest BCUT2D eigenvalue weighted by Crippen LogP contribution is -2.30. The second-order valence-corrected chi connectivity index (χ2v) is 4.49. The number of nitrogens with two attached hydrogens (primary N) is 1. The lowest BCUT2D eigenvalue weighted by atomic mass is 10.1. The van der Waals surface area contributed by atoms with Gasteiger partial charge in [-0.3, -0.25) is 14.6 Å². The Hall–Kier alpha value is -2.86. The molecule has 0 saturated heterocycles. The van der Waals surface area contributed by atoms with Crippen LogP contribution in [0.25, 0.3) is 16.9 Å². The molecular weight excluding hydrogens is 268 g/mol. The SMILES string of the molecule is COc1ccc(-c2cnc3ccc(C(=O)NN)cn23)cc1. The van der Waals surface area contributed by atoms with E-state index in [9.17, 15) is 4.79 Å². The first-order valence-corrected chi connectivity index (χ1v) is 6.35. The van der Waals surface area contributed by atoms with Gasteiger partial charge in [0.2, 0.25) is 0 Å². The van der Waals surface area contributed by atoms with Crippen LogP contribution in [-0.2, 0) is 0 Å². The Labute approximate surface area is 121 Å². The highest BCUT2D eigenvalue weighted by molar-refractivity contribution is 5.93. The van der Waals surface area contributed by atoms with Gasteiger partial charge in [-0.25, -0.2) is 10.8 Å². The minimum atomic E-state index is -0.341. The predicted molar refractivity (Wildman–Crippen MR) is 78.8 cm³/mol. The van der Waals surface area contributed by atoms with Crippen molar-refractivity contribution in [3.05, 3.63) is 54.4 Å². The molecular formula is C15H14N4O2. The van der Waals surface area contributed by atoms with E-state index in [0.717, 1.165) is 22.7 Å². The lowest BCUT2D eigenvalue weighted by Gasteiger charge is -2.05. The number of ether oxygens (including phenoxy) is 1. The van der Waals surface area contributed by atoms with Gasteiger partial charge in [0.05, 0.1) is 24.6 Å². The highest BCUT2D eigenvalue weighted by atomic mass is 16.5. The fourth-order valence-electron chi connectivity index (χ4n) is 2.17. The normalized spacial score (nSPS) is 10.6. The van der Waals surface area contributed by atoms with Crippen molar-refractivity contribution in [2.24, 2.45) is 5.84 Å². The van der Waals surface area contributed by atoms with Gasteiger partial charge in [-0.2, -0.15) is 0 Å². The standard InChI is InChI=1S/C15H14N4O2/c1-21-12-5-2-10(3-6-12)13-8-17-14-7-4-11(9-19(13)14)15(20)18-16/h2-9H,16H2,1H3,(H,18,20). The Balaban J connectivity index is 2.11. The number of methoxy groups -OCH3 is 1. The number of nitrogens with zero attached hydrogens (tertiary/aromatic N) is 2. The molecule has 21 heavy (non-hydrogen) atoms. The van der Waals surface area contributed by atoms with E-state index in [1.807, 2.05) is 28.7 Å². The first kappa shape index (κ1) is 13.1. The van der Waals surface area contributed by atoms with Crippen LogP contribution in [0.3, 0.4) is 0 Å². The Morgan fingerprint density at radius 1 is 1.24 bits per heavy atom. The van der Waals surface area contributed by atoms with Gasteiger partial charge in [0.15, 0.2) is 0 Å². The summed E-state index contributed by atoms with van der Waals surface area (Å²) in [5, 5.41) is 0. The number of fused-ring (bicyclic) bond motifs is 1.